The number of fused-ring (bicyclic) bond motifs is 1. The van der Waals surface area contributed by atoms with Crippen molar-refractivity contribution in [3.05, 3.63) is 23.8 Å². The topological polar surface area (TPSA) is 59.6 Å². The maximum Gasteiger partial charge on any atom is 0.227 e. The highest BCUT2D eigenvalue weighted by Gasteiger charge is 2.20. The zero-order valence-electron chi connectivity index (χ0n) is 9.36. The number of anilines is 1. The fourth-order valence-corrected chi connectivity index (χ4v) is 2.06. The standard InChI is InChI=1S/C12H14N2O3/c15-12-3-4-16-10-2-1-8(5-9(10)14-12)11-6-13-7-17-11/h1-2,5,11,13H,3-4,6-7H2,(H,14,15). The van der Waals surface area contributed by atoms with Crippen molar-refractivity contribution >= 4 is 11.6 Å². The Bertz CT molecular complexity index is 441. The Kier molecular flexibility index (Phi) is 2.70. The molecule has 0 aromatic heterocycles. The Balaban J connectivity index is 1.91. The van der Waals surface area contributed by atoms with Gasteiger partial charge in [0.1, 0.15) is 5.75 Å². The van der Waals surface area contributed by atoms with Gasteiger partial charge in [0.15, 0.2) is 0 Å². The van der Waals surface area contributed by atoms with E-state index in [0.29, 0.717) is 19.8 Å². The number of nitrogens with one attached hydrogen (secondary N) is 2. The highest BCUT2D eigenvalue weighted by molar-refractivity contribution is 5.93. The highest BCUT2D eigenvalue weighted by Crippen LogP contribution is 2.31. The van der Waals surface area contributed by atoms with Crippen LogP contribution >= 0.6 is 0 Å². The number of hydrogen-bond donors (Lipinski definition) is 2. The molecule has 1 amide bonds. The molecule has 5 heteroatoms. The average molecular weight is 234 g/mol. The SMILES string of the molecule is O=C1CCOc2ccc(C3CNCO3)cc2N1. The van der Waals surface area contributed by atoms with Crippen molar-refractivity contribution in [2.45, 2.75) is 12.5 Å². The molecular formula is C12H14N2O3. The molecule has 90 valence electrons. The second kappa shape index (κ2) is 4.35. The minimum Gasteiger partial charge on any atom is -0.491 e. The molecule has 1 aromatic rings. The van der Waals surface area contributed by atoms with Crippen LogP contribution in [0.1, 0.15) is 18.1 Å². The minimum atomic E-state index is -0.00800. The fourth-order valence-electron chi connectivity index (χ4n) is 2.06. The second-order valence-corrected chi connectivity index (χ2v) is 4.16. The maximum atomic E-state index is 11.4. The lowest BCUT2D eigenvalue weighted by atomic mass is 10.1. The summed E-state index contributed by atoms with van der Waals surface area (Å²) in [6.45, 7) is 1.80. The third-order valence-corrected chi connectivity index (χ3v) is 2.95. The molecule has 5 nitrogen and oxygen atoms in total. The lowest BCUT2D eigenvalue weighted by Gasteiger charge is -2.12. The summed E-state index contributed by atoms with van der Waals surface area (Å²) < 4.78 is 11.0. The van der Waals surface area contributed by atoms with Crippen molar-refractivity contribution < 1.29 is 14.3 Å². The molecule has 2 aliphatic heterocycles. The molecule has 2 heterocycles. The summed E-state index contributed by atoms with van der Waals surface area (Å²) in [4.78, 5) is 11.4. The van der Waals surface area contributed by atoms with E-state index in [-0.39, 0.29) is 12.0 Å². The number of benzene rings is 1. The van der Waals surface area contributed by atoms with Gasteiger partial charge in [-0.15, -0.1) is 0 Å². The van der Waals surface area contributed by atoms with E-state index in [2.05, 4.69) is 10.6 Å². The van der Waals surface area contributed by atoms with Crippen LogP contribution in [0.25, 0.3) is 0 Å². The molecule has 3 rings (SSSR count). The van der Waals surface area contributed by atoms with E-state index in [0.717, 1.165) is 23.5 Å². The zero-order valence-corrected chi connectivity index (χ0v) is 9.36. The Morgan fingerprint density at radius 1 is 1.35 bits per heavy atom. The Morgan fingerprint density at radius 3 is 3.12 bits per heavy atom. The van der Waals surface area contributed by atoms with Gasteiger partial charge in [0.25, 0.3) is 0 Å². The summed E-state index contributed by atoms with van der Waals surface area (Å²) in [6, 6.07) is 5.79. The largest absolute Gasteiger partial charge is 0.491 e. The molecule has 1 saturated heterocycles. The minimum absolute atomic E-state index is 0.00800. The molecule has 2 aliphatic rings. The van der Waals surface area contributed by atoms with Gasteiger partial charge in [0.05, 0.1) is 31.5 Å². The molecule has 0 radical (unpaired) electrons. The van der Waals surface area contributed by atoms with Crippen LogP contribution in [0.3, 0.4) is 0 Å². The molecule has 1 atom stereocenters. The molecule has 1 unspecified atom stereocenters. The van der Waals surface area contributed by atoms with Gasteiger partial charge in [-0.3, -0.25) is 10.1 Å². The van der Waals surface area contributed by atoms with Crippen LogP contribution in [0.4, 0.5) is 5.69 Å². The zero-order chi connectivity index (χ0) is 11.7. The van der Waals surface area contributed by atoms with Gasteiger partial charge in [-0.2, -0.15) is 0 Å². The van der Waals surface area contributed by atoms with Crippen LogP contribution in [0.5, 0.6) is 5.75 Å². The van der Waals surface area contributed by atoms with Crippen molar-refractivity contribution in [3.8, 4) is 5.75 Å². The van der Waals surface area contributed by atoms with Crippen LogP contribution < -0.4 is 15.4 Å². The Labute approximate surface area is 99.1 Å². The van der Waals surface area contributed by atoms with E-state index in [9.17, 15) is 4.79 Å². The summed E-state index contributed by atoms with van der Waals surface area (Å²) in [6.07, 6.45) is 0.450. The van der Waals surface area contributed by atoms with Gasteiger partial charge in [0, 0.05) is 6.54 Å². The number of ether oxygens (including phenoxy) is 2. The van der Waals surface area contributed by atoms with Crippen molar-refractivity contribution in [2.75, 3.05) is 25.2 Å². The number of hydrogen-bond acceptors (Lipinski definition) is 4. The first kappa shape index (κ1) is 10.6. The third kappa shape index (κ3) is 2.11. The van der Waals surface area contributed by atoms with Crippen molar-refractivity contribution in [1.82, 2.24) is 5.32 Å². The van der Waals surface area contributed by atoms with E-state index in [1.54, 1.807) is 0 Å². The van der Waals surface area contributed by atoms with E-state index in [1.807, 2.05) is 18.2 Å². The monoisotopic (exact) mass is 234 g/mol. The number of amides is 1. The third-order valence-electron chi connectivity index (χ3n) is 2.95. The molecule has 0 bridgehead atoms. The summed E-state index contributed by atoms with van der Waals surface area (Å²) in [5.41, 5.74) is 1.79. The van der Waals surface area contributed by atoms with Gasteiger partial charge in [-0.25, -0.2) is 0 Å². The second-order valence-electron chi connectivity index (χ2n) is 4.16. The molecular weight excluding hydrogens is 220 g/mol. The smallest absolute Gasteiger partial charge is 0.227 e. The predicted molar refractivity (Wildman–Crippen MR) is 61.9 cm³/mol. The molecule has 0 saturated carbocycles. The molecule has 2 N–H and O–H groups in total. The van der Waals surface area contributed by atoms with Crippen LogP contribution in [-0.2, 0) is 9.53 Å². The summed E-state index contributed by atoms with van der Waals surface area (Å²) in [5.74, 6) is 0.719. The lowest BCUT2D eigenvalue weighted by molar-refractivity contribution is -0.116. The molecule has 0 spiro atoms. The summed E-state index contributed by atoms with van der Waals surface area (Å²) in [7, 11) is 0. The van der Waals surface area contributed by atoms with Crippen LogP contribution in [0.15, 0.2) is 18.2 Å². The first-order valence-corrected chi connectivity index (χ1v) is 5.72. The number of carbonyl (C=O) groups excluding carboxylic acids is 1. The summed E-state index contributed by atoms with van der Waals surface area (Å²) >= 11 is 0. The van der Waals surface area contributed by atoms with Crippen molar-refractivity contribution in [2.24, 2.45) is 0 Å². The van der Waals surface area contributed by atoms with Gasteiger partial charge < -0.3 is 14.8 Å². The van der Waals surface area contributed by atoms with E-state index < -0.39 is 0 Å². The van der Waals surface area contributed by atoms with Crippen molar-refractivity contribution in [3.63, 3.8) is 0 Å². The fraction of sp³-hybridized carbons (Fsp3) is 0.417. The average Bonchev–Trinajstić information content (AvgIpc) is 2.78. The molecule has 17 heavy (non-hydrogen) atoms. The normalized spacial score (nSPS) is 23.5. The van der Waals surface area contributed by atoms with Gasteiger partial charge >= 0.3 is 0 Å². The van der Waals surface area contributed by atoms with E-state index >= 15 is 0 Å². The quantitative estimate of drug-likeness (QED) is 0.761. The van der Waals surface area contributed by atoms with Crippen LogP contribution in [0.2, 0.25) is 0 Å². The first-order chi connectivity index (χ1) is 8.33. The van der Waals surface area contributed by atoms with Crippen LogP contribution in [-0.4, -0.2) is 25.8 Å². The van der Waals surface area contributed by atoms with E-state index in [1.165, 1.54) is 0 Å². The Hall–Kier alpha value is -1.59. The van der Waals surface area contributed by atoms with E-state index in [4.69, 9.17) is 9.47 Å². The molecule has 1 fully saturated rings. The first-order valence-electron chi connectivity index (χ1n) is 5.72. The lowest BCUT2D eigenvalue weighted by Crippen LogP contribution is -2.11. The van der Waals surface area contributed by atoms with Gasteiger partial charge in [0.2, 0.25) is 5.91 Å². The number of rotatable bonds is 1. The highest BCUT2D eigenvalue weighted by atomic mass is 16.5. The van der Waals surface area contributed by atoms with Crippen molar-refractivity contribution in [1.29, 1.82) is 0 Å². The van der Waals surface area contributed by atoms with Gasteiger partial charge in [-0.1, -0.05) is 6.07 Å². The molecule has 1 aromatic carbocycles. The maximum absolute atomic E-state index is 11.4. The van der Waals surface area contributed by atoms with Gasteiger partial charge in [-0.05, 0) is 17.7 Å². The molecule has 0 aliphatic carbocycles. The summed E-state index contributed by atoms with van der Waals surface area (Å²) in [5, 5.41) is 5.98. The number of carbonyl (C=O) groups is 1. The van der Waals surface area contributed by atoms with Crippen LogP contribution in [0, 0.1) is 0 Å². The Morgan fingerprint density at radius 2 is 2.29 bits per heavy atom. The predicted octanol–water partition coefficient (Wildman–Crippen LogP) is 1.03.